The highest BCUT2D eigenvalue weighted by Crippen LogP contribution is 2.27. The Kier molecular flexibility index (Phi) is 9.75. The molecule has 0 bridgehead atoms. The highest BCUT2D eigenvalue weighted by Gasteiger charge is 2.37. The molecule has 0 aromatic carbocycles. The predicted octanol–water partition coefficient (Wildman–Crippen LogP) is 2.69. The van der Waals surface area contributed by atoms with E-state index < -0.39 is 0 Å². The Morgan fingerprint density at radius 3 is 1.91 bits per heavy atom. The van der Waals surface area contributed by atoms with Gasteiger partial charge in [0.05, 0.1) is 6.10 Å². The van der Waals surface area contributed by atoms with Gasteiger partial charge in [0, 0.05) is 0 Å². The molecule has 0 atom stereocenters. The lowest BCUT2D eigenvalue weighted by Gasteiger charge is -2.25. The minimum absolute atomic E-state index is 0.0355. The maximum atomic E-state index is 9.63. The average Bonchev–Trinajstić information content (AvgIpc) is 2.54. The first kappa shape index (κ1) is 19.0. The fourth-order valence-corrected chi connectivity index (χ4v) is 8.48. The molecular formula is C20H38IO+. The molecule has 2 fully saturated rings. The summed E-state index contributed by atoms with van der Waals surface area (Å²) in [5, 5.41) is 9.63. The largest absolute Gasteiger partial charge is 0.393 e. The van der Waals surface area contributed by atoms with Crippen LogP contribution in [0.5, 0.6) is 0 Å². The lowest BCUT2D eigenvalue weighted by Crippen LogP contribution is -3.68. The molecule has 1 nitrogen and oxygen atoms in total. The van der Waals surface area contributed by atoms with Crippen LogP contribution in [-0.2, 0) is 0 Å². The van der Waals surface area contributed by atoms with Crippen molar-refractivity contribution in [3.63, 3.8) is 0 Å². The number of alkyl halides is 2. The third-order valence-electron chi connectivity index (χ3n) is 5.72. The Morgan fingerprint density at radius 1 is 0.727 bits per heavy atom. The van der Waals surface area contributed by atoms with Crippen LogP contribution < -0.4 is 21.2 Å². The highest BCUT2D eigenvalue weighted by atomic mass is 127. The maximum Gasteiger partial charge on any atom is 0.275 e. The number of hydrogen-bond acceptors (Lipinski definition) is 1. The molecule has 2 saturated carbocycles. The van der Waals surface area contributed by atoms with E-state index in [0.717, 1.165) is 26.6 Å². The van der Waals surface area contributed by atoms with Crippen LogP contribution in [0.1, 0.15) is 103 Å². The minimum Gasteiger partial charge on any atom is -0.393 e. The molecule has 0 heterocycles. The summed E-state index contributed by atoms with van der Waals surface area (Å²) in [6, 6.07) is 0. The van der Waals surface area contributed by atoms with Crippen molar-refractivity contribution in [3.8, 4) is 0 Å². The summed E-state index contributed by atoms with van der Waals surface area (Å²) >= 11 is 0.409. The second-order valence-electron chi connectivity index (χ2n) is 7.71. The van der Waals surface area contributed by atoms with Crippen LogP contribution in [-0.4, -0.2) is 19.1 Å². The van der Waals surface area contributed by atoms with E-state index in [1.165, 1.54) is 70.6 Å². The molecule has 2 rings (SSSR count). The van der Waals surface area contributed by atoms with Crippen molar-refractivity contribution < 1.29 is 26.3 Å². The zero-order valence-electron chi connectivity index (χ0n) is 14.7. The van der Waals surface area contributed by atoms with Crippen LogP contribution in [0, 0.1) is 5.92 Å². The molecule has 0 aromatic heterocycles. The summed E-state index contributed by atoms with van der Waals surface area (Å²) in [6.45, 7) is 2.30. The summed E-state index contributed by atoms with van der Waals surface area (Å²) in [5.41, 5.74) is 0. The summed E-state index contributed by atoms with van der Waals surface area (Å²) < 4.78 is 2.17. The van der Waals surface area contributed by atoms with Gasteiger partial charge in [-0.1, -0.05) is 51.9 Å². The van der Waals surface area contributed by atoms with Gasteiger partial charge in [0.1, 0.15) is 0 Å². The zero-order chi connectivity index (χ0) is 15.6. The molecule has 22 heavy (non-hydrogen) atoms. The molecule has 0 aromatic rings. The third-order valence-corrected chi connectivity index (χ3v) is 10.3. The highest BCUT2D eigenvalue weighted by molar-refractivity contribution is 4.74. The lowest BCUT2D eigenvalue weighted by atomic mass is 9.85. The fourth-order valence-electron chi connectivity index (χ4n) is 4.16. The summed E-state index contributed by atoms with van der Waals surface area (Å²) in [4.78, 5) is 0. The van der Waals surface area contributed by atoms with Crippen LogP contribution in [0.15, 0.2) is 0 Å². The second-order valence-corrected chi connectivity index (χ2v) is 11.9. The lowest BCUT2D eigenvalue weighted by molar-refractivity contribution is -0.726. The van der Waals surface area contributed by atoms with Crippen molar-refractivity contribution in [3.05, 3.63) is 0 Å². The van der Waals surface area contributed by atoms with E-state index in [-0.39, 0.29) is 6.10 Å². The van der Waals surface area contributed by atoms with Crippen molar-refractivity contribution in [1.82, 2.24) is 0 Å². The monoisotopic (exact) mass is 421 g/mol. The Morgan fingerprint density at radius 2 is 1.27 bits per heavy atom. The quantitative estimate of drug-likeness (QED) is 0.345. The van der Waals surface area contributed by atoms with Crippen molar-refractivity contribution in [1.29, 1.82) is 0 Å². The van der Waals surface area contributed by atoms with Gasteiger partial charge in [0.15, 0.2) is 7.85 Å². The smallest absolute Gasteiger partial charge is 0.275 e. The van der Waals surface area contributed by atoms with Gasteiger partial charge >= 0.3 is 0 Å². The van der Waals surface area contributed by atoms with Crippen molar-refractivity contribution in [2.24, 2.45) is 5.92 Å². The summed E-state index contributed by atoms with van der Waals surface area (Å²) in [6.07, 6.45) is 21.3. The number of hydrogen-bond donors (Lipinski definition) is 1. The number of rotatable bonds is 9. The van der Waals surface area contributed by atoms with E-state index in [2.05, 4.69) is 6.92 Å². The third kappa shape index (κ3) is 7.51. The molecule has 0 spiro atoms. The van der Waals surface area contributed by atoms with Crippen LogP contribution in [0.3, 0.4) is 0 Å². The van der Waals surface area contributed by atoms with Crippen molar-refractivity contribution >= 4 is 0 Å². The van der Waals surface area contributed by atoms with Gasteiger partial charge in [0.2, 0.25) is 0 Å². The second kappa shape index (κ2) is 11.3. The Hall–Kier alpha value is 0.690. The van der Waals surface area contributed by atoms with Crippen LogP contribution in [0.25, 0.3) is 0 Å². The Bertz CT molecular complexity index is 265. The standard InChI is InChI=1S/C20H38IO/c1-2-3-4-5-6-7-8-17-9-11-18(12-10-17)21-19-13-15-20(22)16-14-19/h17-20,22H,2-16H2,1H3/q+1. The zero-order valence-corrected chi connectivity index (χ0v) is 16.9. The number of unbranched alkanes of at least 4 members (excludes halogenated alkanes) is 5. The van der Waals surface area contributed by atoms with Gasteiger partial charge in [-0.15, -0.1) is 0 Å². The first-order valence-electron chi connectivity index (χ1n) is 10.1. The van der Waals surface area contributed by atoms with Gasteiger partial charge in [-0.2, -0.15) is 0 Å². The molecule has 0 amide bonds. The fraction of sp³-hybridized carbons (Fsp3) is 1.00. The first-order valence-corrected chi connectivity index (χ1v) is 12.6. The topological polar surface area (TPSA) is 20.2 Å². The molecule has 0 radical (unpaired) electrons. The van der Waals surface area contributed by atoms with E-state index in [0.29, 0.717) is 21.2 Å². The van der Waals surface area contributed by atoms with Crippen molar-refractivity contribution in [2.75, 3.05) is 0 Å². The van der Waals surface area contributed by atoms with Crippen LogP contribution >= 0.6 is 0 Å². The van der Waals surface area contributed by atoms with E-state index in [1.807, 2.05) is 0 Å². The van der Waals surface area contributed by atoms with E-state index in [1.54, 1.807) is 12.8 Å². The van der Waals surface area contributed by atoms with Crippen LogP contribution in [0.4, 0.5) is 0 Å². The number of halogens is 1. The number of aliphatic hydroxyl groups is 1. The van der Waals surface area contributed by atoms with E-state index in [9.17, 15) is 5.11 Å². The molecule has 2 aliphatic rings. The maximum absolute atomic E-state index is 9.63. The number of aliphatic hydroxyl groups excluding tert-OH is 1. The van der Waals surface area contributed by atoms with E-state index >= 15 is 0 Å². The van der Waals surface area contributed by atoms with Gasteiger partial charge in [-0.05, 0) is 57.3 Å². The average molecular weight is 421 g/mol. The molecule has 1 N–H and O–H groups in total. The molecule has 2 aliphatic carbocycles. The van der Waals surface area contributed by atoms with Gasteiger partial charge in [0.25, 0.3) is 21.2 Å². The van der Waals surface area contributed by atoms with E-state index in [4.69, 9.17) is 0 Å². The summed E-state index contributed by atoms with van der Waals surface area (Å²) in [7, 11) is 0. The molecule has 0 unspecified atom stereocenters. The summed E-state index contributed by atoms with van der Waals surface area (Å²) in [5.74, 6) is 1.07. The van der Waals surface area contributed by atoms with Gasteiger partial charge in [-0.3, -0.25) is 0 Å². The minimum atomic E-state index is 0.0355. The molecular weight excluding hydrogens is 383 g/mol. The normalized spacial score (nSPS) is 33.0. The Balaban J connectivity index is 1.49. The van der Waals surface area contributed by atoms with Crippen molar-refractivity contribution in [2.45, 2.75) is 117 Å². The predicted molar refractivity (Wildman–Crippen MR) is 92.0 cm³/mol. The van der Waals surface area contributed by atoms with Gasteiger partial charge in [-0.25, -0.2) is 0 Å². The first-order chi connectivity index (χ1) is 10.8. The molecule has 0 aliphatic heterocycles. The SMILES string of the molecule is CCCCCCCCC1CCC([I+]C2CCC(O)CC2)CC1. The molecule has 0 saturated heterocycles. The van der Waals surface area contributed by atoms with Gasteiger partial charge < -0.3 is 5.11 Å². The van der Waals surface area contributed by atoms with Crippen LogP contribution in [0.2, 0.25) is 0 Å². The Labute approximate surface area is 149 Å². The molecule has 2 heteroatoms. The molecule has 130 valence electrons.